The van der Waals surface area contributed by atoms with Crippen molar-refractivity contribution in [3.63, 3.8) is 0 Å². The Bertz CT molecular complexity index is 326. The molecule has 0 amide bonds. The molecule has 4 nitrogen and oxygen atoms in total. The van der Waals surface area contributed by atoms with E-state index in [4.69, 9.17) is 17.3 Å². The van der Waals surface area contributed by atoms with E-state index in [0.29, 0.717) is 16.8 Å². The number of hydrogen-bond acceptors (Lipinski definition) is 4. The van der Waals surface area contributed by atoms with Gasteiger partial charge in [0.25, 0.3) is 0 Å². The zero-order chi connectivity index (χ0) is 9.97. The quantitative estimate of drug-likeness (QED) is 0.828. The lowest BCUT2D eigenvalue weighted by molar-refractivity contribution is 0.562. The summed E-state index contributed by atoms with van der Waals surface area (Å²) in [4.78, 5) is 8.29. The van der Waals surface area contributed by atoms with Crippen LogP contribution in [0.3, 0.4) is 0 Å². The van der Waals surface area contributed by atoms with E-state index in [9.17, 15) is 0 Å². The maximum atomic E-state index is 5.73. The van der Waals surface area contributed by atoms with Gasteiger partial charge in [-0.2, -0.15) is 0 Å². The van der Waals surface area contributed by atoms with E-state index in [0.717, 1.165) is 25.3 Å². The molecule has 84 valence electrons. The fourth-order valence-corrected chi connectivity index (χ4v) is 1.75. The lowest BCUT2D eigenvalue weighted by atomic mass is 10.0. The molecular weight excluding hydrogens is 235 g/mol. The second kappa shape index (κ2) is 5.49. The SMILES string of the molecule is Cl.Nc1nc(C[C@@H]2CCNC2)ncc1Cl. The van der Waals surface area contributed by atoms with Crippen LogP contribution in [-0.2, 0) is 6.42 Å². The van der Waals surface area contributed by atoms with Crippen molar-refractivity contribution in [2.45, 2.75) is 12.8 Å². The van der Waals surface area contributed by atoms with E-state index < -0.39 is 0 Å². The minimum absolute atomic E-state index is 0. The van der Waals surface area contributed by atoms with E-state index in [1.54, 1.807) is 6.20 Å². The molecule has 15 heavy (non-hydrogen) atoms. The molecule has 6 heteroatoms. The Hall–Kier alpha value is -0.580. The van der Waals surface area contributed by atoms with Crippen LogP contribution in [0, 0.1) is 5.92 Å². The highest BCUT2D eigenvalue weighted by Crippen LogP contribution is 2.17. The predicted molar refractivity (Wildman–Crippen MR) is 63.4 cm³/mol. The molecule has 2 rings (SSSR count). The maximum absolute atomic E-state index is 5.73. The number of hydrogen-bond donors (Lipinski definition) is 2. The Morgan fingerprint density at radius 1 is 1.60 bits per heavy atom. The second-order valence-electron chi connectivity index (χ2n) is 3.58. The highest BCUT2D eigenvalue weighted by atomic mass is 35.5. The van der Waals surface area contributed by atoms with Crippen molar-refractivity contribution < 1.29 is 0 Å². The minimum atomic E-state index is 0. The smallest absolute Gasteiger partial charge is 0.145 e. The molecule has 2 heterocycles. The van der Waals surface area contributed by atoms with Gasteiger partial charge in [-0.3, -0.25) is 0 Å². The van der Waals surface area contributed by atoms with Gasteiger partial charge in [-0.15, -0.1) is 12.4 Å². The van der Waals surface area contributed by atoms with Crippen LogP contribution in [0.4, 0.5) is 5.82 Å². The number of aromatic nitrogens is 2. The zero-order valence-corrected chi connectivity index (χ0v) is 9.81. The third-order valence-corrected chi connectivity index (χ3v) is 2.75. The van der Waals surface area contributed by atoms with Gasteiger partial charge in [0.05, 0.1) is 6.20 Å². The molecular formula is C9H14Cl2N4. The summed E-state index contributed by atoms with van der Waals surface area (Å²) in [7, 11) is 0. The molecule has 1 fully saturated rings. The summed E-state index contributed by atoms with van der Waals surface area (Å²) < 4.78 is 0. The average molecular weight is 249 g/mol. The summed E-state index contributed by atoms with van der Waals surface area (Å²) in [5.74, 6) is 1.80. The van der Waals surface area contributed by atoms with Crippen LogP contribution in [-0.4, -0.2) is 23.1 Å². The van der Waals surface area contributed by atoms with Crippen LogP contribution in [0.15, 0.2) is 6.20 Å². The molecule has 1 atom stereocenters. The topological polar surface area (TPSA) is 63.8 Å². The molecule has 3 N–H and O–H groups in total. The highest BCUT2D eigenvalue weighted by molar-refractivity contribution is 6.32. The van der Waals surface area contributed by atoms with Crippen molar-refractivity contribution in [3.05, 3.63) is 17.0 Å². The van der Waals surface area contributed by atoms with E-state index in [1.807, 2.05) is 0 Å². The van der Waals surface area contributed by atoms with Gasteiger partial charge in [0.2, 0.25) is 0 Å². The van der Waals surface area contributed by atoms with E-state index >= 15 is 0 Å². The largest absolute Gasteiger partial charge is 0.382 e. The number of nitrogens with zero attached hydrogens (tertiary/aromatic N) is 2. The van der Waals surface area contributed by atoms with Crippen LogP contribution in [0.5, 0.6) is 0 Å². The maximum Gasteiger partial charge on any atom is 0.145 e. The molecule has 0 unspecified atom stereocenters. The zero-order valence-electron chi connectivity index (χ0n) is 8.24. The van der Waals surface area contributed by atoms with Gasteiger partial charge < -0.3 is 11.1 Å². The first-order chi connectivity index (χ1) is 6.75. The number of rotatable bonds is 2. The van der Waals surface area contributed by atoms with Gasteiger partial charge >= 0.3 is 0 Å². The Morgan fingerprint density at radius 2 is 2.40 bits per heavy atom. The van der Waals surface area contributed by atoms with Crippen LogP contribution >= 0.6 is 24.0 Å². The number of nitrogens with one attached hydrogen (secondary N) is 1. The van der Waals surface area contributed by atoms with Gasteiger partial charge in [0.1, 0.15) is 16.7 Å². The fraction of sp³-hybridized carbons (Fsp3) is 0.556. The van der Waals surface area contributed by atoms with Gasteiger partial charge in [-0.05, 0) is 25.4 Å². The first-order valence-corrected chi connectivity index (χ1v) is 5.11. The molecule has 1 aliphatic rings. The lowest BCUT2D eigenvalue weighted by Gasteiger charge is -2.07. The van der Waals surface area contributed by atoms with Crippen molar-refractivity contribution in [1.29, 1.82) is 0 Å². The van der Waals surface area contributed by atoms with Crippen LogP contribution in [0.1, 0.15) is 12.2 Å². The standard InChI is InChI=1S/C9H13ClN4.ClH/c10-7-5-13-8(14-9(7)11)3-6-1-2-12-4-6;/h5-6,12H,1-4H2,(H2,11,13,14);1H/t6-;/m0./s1. The van der Waals surface area contributed by atoms with Gasteiger partial charge in [-0.25, -0.2) is 9.97 Å². The monoisotopic (exact) mass is 248 g/mol. The summed E-state index contributed by atoms with van der Waals surface area (Å²) in [6.45, 7) is 2.14. The third-order valence-electron chi connectivity index (χ3n) is 2.45. The van der Waals surface area contributed by atoms with E-state index in [2.05, 4.69) is 15.3 Å². The van der Waals surface area contributed by atoms with Crippen LogP contribution in [0.2, 0.25) is 5.02 Å². The summed E-state index contributed by atoms with van der Waals surface area (Å²) in [5, 5.41) is 3.73. The van der Waals surface area contributed by atoms with Crippen molar-refractivity contribution in [1.82, 2.24) is 15.3 Å². The van der Waals surface area contributed by atoms with Crippen molar-refractivity contribution in [2.75, 3.05) is 18.8 Å². The molecule has 1 aromatic heterocycles. The Kier molecular flexibility index (Phi) is 4.57. The number of nitrogen functional groups attached to an aromatic ring is 1. The number of anilines is 1. The summed E-state index contributed by atoms with van der Waals surface area (Å²) >= 11 is 5.73. The fourth-order valence-electron chi connectivity index (χ4n) is 1.66. The molecule has 0 aliphatic carbocycles. The van der Waals surface area contributed by atoms with Crippen LogP contribution < -0.4 is 11.1 Å². The summed E-state index contributed by atoms with van der Waals surface area (Å²) in [6, 6.07) is 0. The van der Waals surface area contributed by atoms with E-state index in [-0.39, 0.29) is 12.4 Å². The van der Waals surface area contributed by atoms with Crippen molar-refractivity contribution >= 4 is 29.8 Å². The first-order valence-electron chi connectivity index (χ1n) is 4.73. The Balaban J connectivity index is 0.00000112. The Labute approximate surface area is 100 Å². The lowest BCUT2D eigenvalue weighted by Crippen LogP contribution is -2.12. The molecule has 0 saturated carbocycles. The highest BCUT2D eigenvalue weighted by Gasteiger charge is 2.16. The van der Waals surface area contributed by atoms with Gasteiger partial charge in [-0.1, -0.05) is 11.6 Å². The summed E-state index contributed by atoms with van der Waals surface area (Å²) in [5.41, 5.74) is 5.60. The average Bonchev–Trinajstić information content (AvgIpc) is 2.64. The van der Waals surface area contributed by atoms with Gasteiger partial charge in [0.15, 0.2) is 0 Å². The predicted octanol–water partition coefficient (Wildman–Crippen LogP) is 1.29. The first kappa shape index (κ1) is 12.5. The van der Waals surface area contributed by atoms with E-state index in [1.165, 1.54) is 6.42 Å². The molecule has 0 bridgehead atoms. The second-order valence-corrected chi connectivity index (χ2v) is 3.99. The molecule has 1 aromatic rings. The minimum Gasteiger partial charge on any atom is -0.382 e. The Morgan fingerprint density at radius 3 is 3.00 bits per heavy atom. The van der Waals surface area contributed by atoms with Crippen molar-refractivity contribution in [3.8, 4) is 0 Å². The third kappa shape index (κ3) is 3.19. The number of halogens is 2. The molecule has 1 saturated heterocycles. The normalized spacial score (nSPS) is 19.9. The van der Waals surface area contributed by atoms with Crippen molar-refractivity contribution in [2.24, 2.45) is 5.92 Å². The van der Waals surface area contributed by atoms with Crippen LogP contribution in [0.25, 0.3) is 0 Å². The molecule has 0 spiro atoms. The molecule has 1 aliphatic heterocycles. The summed E-state index contributed by atoms with van der Waals surface area (Å²) in [6.07, 6.45) is 3.64. The molecule has 0 aromatic carbocycles. The molecule has 0 radical (unpaired) electrons. The van der Waals surface area contributed by atoms with Gasteiger partial charge in [0, 0.05) is 6.42 Å². The number of nitrogens with two attached hydrogens (primary N) is 1.